The van der Waals surface area contributed by atoms with Crippen LogP contribution in [0.5, 0.6) is 0 Å². The largest absolute Gasteiger partial charge is 0.360 e. The van der Waals surface area contributed by atoms with Crippen molar-refractivity contribution in [3.05, 3.63) is 29.0 Å². The number of rotatable bonds is 4. The Labute approximate surface area is 154 Å². The second-order valence-corrected chi connectivity index (χ2v) is 10.4. The molecule has 7 nitrogen and oxygen atoms in total. The number of hydrogen-bond donors (Lipinski definition) is 0. The monoisotopic (exact) mass is 378 g/mol. The van der Waals surface area contributed by atoms with Gasteiger partial charge in [0.15, 0.2) is 0 Å². The summed E-state index contributed by atoms with van der Waals surface area (Å²) >= 11 is 0. The van der Waals surface area contributed by atoms with E-state index < -0.39 is 10.0 Å². The molecule has 8 heteroatoms. The van der Waals surface area contributed by atoms with Crippen molar-refractivity contribution in [1.82, 2.24) is 19.0 Å². The lowest BCUT2D eigenvalue weighted by molar-refractivity contribution is 0.359. The molecule has 2 aliphatic rings. The summed E-state index contributed by atoms with van der Waals surface area (Å²) in [6.45, 7) is 9.93. The van der Waals surface area contributed by atoms with Crippen molar-refractivity contribution in [2.45, 2.75) is 70.5 Å². The number of hydrogen-bond acceptors (Lipinski definition) is 5. The van der Waals surface area contributed by atoms with E-state index in [1.807, 2.05) is 0 Å². The van der Waals surface area contributed by atoms with Gasteiger partial charge in [-0.15, -0.1) is 0 Å². The van der Waals surface area contributed by atoms with Crippen LogP contribution in [0.3, 0.4) is 0 Å². The highest BCUT2D eigenvalue weighted by molar-refractivity contribution is 7.89. The first-order valence-corrected chi connectivity index (χ1v) is 10.6. The molecule has 1 aliphatic carbocycles. The van der Waals surface area contributed by atoms with Crippen LogP contribution in [0, 0.1) is 12.8 Å². The topological polar surface area (TPSA) is 81.2 Å². The van der Waals surface area contributed by atoms with Crippen LogP contribution >= 0.6 is 0 Å². The van der Waals surface area contributed by atoms with E-state index in [2.05, 4.69) is 30.5 Å². The minimum Gasteiger partial charge on any atom is -0.360 e. The molecule has 0 amide bonds. The number of aromatic nitrogens is 3. The van der Waals surface area contributed by atoms with Crippen LogP contribution < -0.4 is 0 Å². The Balaban J connectivity index is 1.68. The van der Waals surface area contributed by atoms with Crippen LogP contribution in [0.15, 0.2) is 15.6 Å². The number of aryl methyl sites for hydroxylation is 1. The summed E-state index contributed by atoms with van der Waals surface area (Å²) in [5.41, 5.74) is 2.01. The van der Waals surface area contributed by atoms with Crippen molar-refractivity contribution in [3.8, 4) is 0 Å². The van der Waals surface area contributed by atoms with Gasteiger partial charge in [0.05, 0.1) is 12.2 Å². The van der Waals surface area contributed by atoms with Crippen LogP contribution in [-0.4, -0.2) is 34.0 Å². The van der Waals surface area contributed by atoms with E-state index in [4.69, 9.17) is 9.51 Å². The molecule has 0 spiro atoms. The molecule has 1 fully saturated rings. The molecule has 4 rings (SSSR count). The summed E-state index contributed by atoms with van der Waals surface area (Å²) in [5, 5.41) is 3.68. The average molecular weight is 378 g/mol. The van der Waals surface area contributed by atoms with E-state index in [9.17, 15) is 8.42 Å². The second kappa shape index (κ2) is 5.92. The molecular formula is C18H26N4O3S. The van der Waals surface area contributed by atoms with Gasteiger partial charge in [0.25, 0.3) is 10.0 Å². The maximum absolute atomic E-state index is 12.9. The van der Waals surface area contributed by atoms with Crippen LogP contribution in [0.4, 0.5) is 0 Å². The van der Waals surface area contributed by atoms with E-state index in [1.54, 1.807) is 6.92 Å². The number of imidazole rings is 1. The van der Waals surface area contributed by atoms with E-state index in [0.717, 1.165) is 24.0 Å². The molecule has 142 valence electrons. The summed E-state index contributed by atoms with van der Waals surface area (Å²) in [4.78, 5) is 4.88. The van der Waals surface area contributed by atoms with Crippen molar-refractivity contribution >= 4 is 10.0 Å². The average Bonchev–Trinajstić information content (AvgIpc) is 3.13. The normalized spacial score (nSPS) is 18.9. The third-order valence-corrected chi connectivity index (χ3v) is 6.81. The van der Waals surface area contributed by atoms with Gasteiger partial charge in [0.1, 0.15) is 11.6 Å². The van der Waals surface area contributed by atoms with Gasteiger partial charge in [-0.3, -0.25) is 0 Å². The number of fused-ring (bicyclic) bond motifs is 1. The highest BCUT2D eigenvalue weighted by atomic mass is 32.2. The van der Waals surface area contributed by atoms with Gasteiger partial charge in [0.2, 0.25) is 5.03 Å². The Morgan fingerprint density at radius 1 is 1.31 bits per heavy atom. The summed E-state index contributed by atoms with van der Waals surface area (Å²) in [6.07, 6.45) is 3.24. The lowest BCUT2D eigenvalue weighted by Crippen LogP contribution is -2.36. The first-order chi connectivity index (χ1) is 12.2. The third kappa shape index (κ3) is 3.09. The molecule has 1 saturated carbocycles. The smallest absolute Gasteiger partial charge is 0.264 e. The molecule has 2 aromatic heterocycles. The Morgan fingerprint density at radius 2 is 2.04 bits per heavy atom. The number of sulfonamides is 1. The quantitative estimate of drug-likeness (QED) is 0.817. The van der Waals surface area contributed by atoms with Gasteiger partial charge in [-0.1, -0.05) is 25.9 Å². The summed E-state index contributed by atoms with van der Waals surface area (Å²) in [5.74, 6) is 2.30. The third-order valence-electron chi connectivity index (χ3n) is 5.10. The van der Waals surface area contributed by atoms with Gasteiger partial charge < -0.3 is 9.09 Å². The zero-order chi connectivity index (χ0) is 18.7. The summed E-state index contributed by atoms with van der Waals surface area (Å²) in [7, 11) is -3.65. The Hall–Kier alpha value is -1.67. The fourth-order valence-electron chi connectivity index (χ4n) is 3.55. The predicted octanol–water partition coefficient (Wildman–Crippen LogP) is 2.63. The Kier molecular flexibility index (Phi) is 4.04. The molecular weight excluding hydrogens is 352 g/mol. The molecule has 26 heavy (non-hydrogen) atoms. The predicted molar refractivity (Wildman–Crippen MR) is 96.2 cm³/mol. The molecule has 0 unspecified atom stereocenters. The maximum Gasteiger partial charge on any atom is 0.264 e. The van der Waals surface area contributed by atoms with Crippen molar-refractivity contribution in [3.63, 3.8) is 0 Å². The molecule has 2 aromatic rings. The summed E-state index contributed by atoms with van der Waals surface area (Å²) < 4.78 is 34.5. The van der Waals surface area contributed by atoms with Crippen LogP contribution in [0.2, 0.25) is 0 Å². The SMILES string of the molecule is Cc1cc(S(=O)(=O)N2CCc3c(nc(C(C)(C)C)n3CC3CC3)C2)no1. The first-order valence-electron chi connectivity index (χ1n) is 9.18. The second-order valence-electron chi connectivity index (χ2n) is 8.50. The van der Waals surface area contributed by atoms with Crippen molar-refractivity contribution in [2.24, 2.45) is 5.92 Å². The zero-order valence-corrected chi connectivity index (χ0v) is 16.6. The van der Waals surface area contributed by atoms with Gasteiger partial charge >= 0.3 is 0 Å². The van der Waals surface area contributed by atoms with Crippen molar-refractivity contribution in [2.75, 3.05) is 6.54 Å². The van der Waals surface area contributed by atoms with E-state index >= 15 is 0 Å². The van der Waals surface area contributed by atoms with Gasteiger partial charge in [-0.05, 0) is 25.7 Å². The molecule has 0 atom stereocenters. The minimum atomic E-state index is -3.65. The Morgan fingerprint density at radius 3 is 2.62 bits per heavy atom. The summed E-state index contributed by atoms with van der Waals surface area (Å²) in [6, 6.07) is 1.47. The van der Waals surface area contributed by atoms with Gasteiger partial charge in [-0.2, -0.15) is 4.31 Å². The van der Waals surface area contributed by atoms with E-state index in [0.29, 0.717) is 25.3 Å². The molecule has 0 radical (unpaired) electrons. The lowest BCUT2D eigenvalue weighted by Gasteiger charge is -2.26. The molecule has 0 N–H and O–H groups in total. The minimum absolute atomic E-state index is 0.0214. The number of nitrogens with zero attached hydrogens (tertiary/aromatic N) is 4. The van der Waals surface area contributed by atoms with Gasteiger partial charge in [-0.25, -0.2) is 13.4 Å². The molecule has 0 saturated heterocycles. The van der Waals surface area contributed by atoms with Crippen LogP contribution in [-0.2, 0) is 34.9 Å². The maximum atomic E-state index is 12.9. The zero-order valence-electron chi connectivity index (χ0n) is 15.8. The first kappa shape index (κ1) is 17.7. The van der Waals surface area contributed by atoms with Crippen LogP contribution in [0.1, 0.15) is 56.6 Å². The van der Waals surface area contributed by atoms with Crippen molar-refractivity contribution in [1.29, 1.82) is 0 Å². The fraction of sp³-hybridized carbons (Fsp3) is 0.667. The molecule has 0 aromatic carbocycles. The lowest BCUT2D eigenvalue weighted by atomic mass is 9.95. The fourth-order valence-corrected chi connectivity index (χ4v) is 4.88. The van der Waals surface area contributed by atoms with E-state index in [-0.39, 0.29) is 10.4 Å². The molecule has 1 aliphatic heterocycles. The van der Waals surface area contributed by atoms with Crippen molar-refractivity contribution < 1.29 is 12.9 Å². The highest BCUT2D eigenvalue weighted by Crippen LogP contribution is 2.36. The standard InChI is InChI=1S/C18H26N4O3S/c1-12-9-16(20-25-12)26(23,24)21-8-7-15-14(11-21)19-17(18(2,3)4)22(15)10-13-5-6-13/h9,13H,5-8,10-11H2,1-4H3. The molecule has 0 bridgehead atoms. The van der Waals surface area contributed by atoms with E-state index in [1.165, 1.54) is 28.9 Å². The highest BCUT2D eigenvalue weighted by Gasteiger charge is 2.36. The van der Waals surface area contributed by atoms with Crippen LogP contribution in [0.25, 0.3) is 0 Å². The molecule has 3 heterocycles. The van der Waals surface area contributed by atoms with Gasteiger partial charge in [0, 0.05) is 36.7 Å². The Bertz CT molecular complexity index is 932.